The van der Waals surface area contributed by atoms with Crippen LogP contribution in [0, 0.1) is 0 Å². The first kappa shape index (κ1) is 18.4. The fourth-order valence-electron chi connectivity index (χ4n) is 1.99. The fourth-order valence-corrected chi connectivity index (χ4v) is 1.99. The van der Waals surface area contributed by atoms with E-state index in [4.69, 9.17) is 20.1 Å². The molecule has 0 bridgehead atoms. The lowest BCUT2D eigenvalue weighted by atomic mass is 9.95. The van der Waals surface area contributed by atoms with Crippen molar-refractivity contribution in [1.82, 2.24) is 0 Å². The van der Waals surface area contributed by atoms with Crippen molar-refractivity contribution < 1.29 is 50.4 Å². The van der Waals surface area contributed by atoms with Crippen LogP contribution in [0.5, 0.6) is 0 Å². The van der Waals surface area contributed by atoms with E-state index in [0.717, 1.165) is 0 Å². The summed E-state index contributed by atoms with van der Waals surface area (Å²) in [7, 11) is 0. The second kappa shape index (κ2) is 7.54. The van der Waals surface area contributed by atoms with Gasteiger partial charge in [0.25, 0.3) is 0 Å². The van der Waals surface area contributed by atoms with Crippen molar-refractivity contribution >= 4 is 5.78 Å². The van der Waals surface area contributed by atoms with Crippen molar-refractivity contribution in [2.45, 2.75) is 48.8 Å². The summed E-state index contributed by atoms with van der Waals surface area (Å²) >= 11 is 0. The van der Waals surface area contributed by atoms with Crippen LogP contribution in [-0.4, -0.2) is 109 Å². The van der Waals surface area contributed by atoms with Gasteiger partial charge in [-0.05, 0) is 0 Å². The average Bonchev–Trinajstić information content (AvgIpc) is 2.78. The molecule has 10 heteroatoms. The van der Waals surface area contributed by atoms with E-state index in [1.54, 1.807) is 0 Å². The Bertz CT molecular complexity index is 350. The third-order valence-electron chi connectivity index (χ3n) is 3.37. The number of carbonyl (C=O) groups excluding carboxylic acids is 1. The van der Waals surface area contributed by atoms with Gasteiger partial charge in [0.15, 0.2) is 5.78 Å². The monoisotopic (exact) mass is 312 g/mol. The molecule has 0 amide bonds. The summed E-state index contributed by atoms with van der Waals surface area (Å²) in [6.07, 6.45) is -14.4. The summed E-state index contributed by atoms with van der Waals surface area (Å²) in [5.74, 6) is -1.24. The van der Waals surface area contributed by atoms with Crippen LogP contribution < -0.4 is 0 Å². The number of aliphatic hydroxyl groups is 8. The Labute approximate surface area is 119 Å². The molecule has 0 aliphatic carbocycles. The summed E-state index contributed by atoms with van der Waals surface area (Å²) in [5.41, 5.74) is 0. The first-order chi connectivity index (χ1) is 9.76. The topological polar surface area (TPSA) is 188 Å². The highest BCUT2D eigenvalue weighted by molar-refractivity contribution is 5.88. The molecule has 8 atom stereocenters. The first-order valence-electron chi connectivity index (χ1n) is 6.25. The predicted molar refractivity (Wildman–Crippen MR) is 63.9 cm³/mol. The molecule has 0 aromatic carbocycles. The molecule has 1 fully saturated rings. The molecule has 1 aliphatic rings. The van der Waals surface area contributed by atoms with E-state index in [-0.39, 0.29) is 0 Å². The van der Waals surface area contributed by atoms with E-state index in [1.165, 1.54) is 0 Å². The van der Waals surface area contributed by atoms with Crippen LogP contribution in [0.1, 0.15) is 0 Å². The Kier molecular flexibility index (Phi) is 6.59. The van der Waals surface area contributed by atoms with Gasteiger partial charge in [-0.2, -0.15) is 0 Å². The van der Waals surface area contributed by atoms with Crippen molar-refractivity contribution in [3.8, 4) is 0 Å². The molecule has 0 aromatic rings. The van der Waals surface area contributed by atoms with Crippen molar-refractivity contribution in [3.05, 3.63) is 0 Å². The Morgan fingerprint density at radius 3 is 2.00 bits per heavy atom. The molecule has 1 heterocycles. The summed E-state index contributed by atoms with van der Waals surface area (Å²) in [5, 5.41) is 74.3. The van der Waals surface area contributed by atoms with Gasteiger partial charge in [0.05, 0.1) is 13.2 Å². The molecule has 0 aromatic heterocycles. The molecule has 21 heavy (non-hydrogen) atoms. The van der Waals surface area contributed by atoms with Crippen LogP contribution in [0.25, 0.3) is 0 Å². The van der Waals surface area contributed by atoms with E-state index in [9.17, 15) is 30.3 Å². The molecule has 8 N–H and O–H groups in total. The van der Waals surface area contributed by atoms with Gasteiger partial charge < -0.3 is 45.6 Å². The van der Waals surface area contributed by atoms with Crippen LogP contribution in [0.3, 0.4) is 0 Å². The number of carbonyl (C=O) groups is 1. The number of hydrogen-bond acceptors (Lipinski definition) is 10. The van der Waals surface area contributed by atoms with Crippen LogP contribution in [0.2, 0.25) is 0 Å². The number of ketones is 1. The van der Waals surface area contributed by atoms with Gasteiger partial charge in [-0.1, -0.05) is 0 Å². The maximum Gasteiger partial charge on any atom is 0.195 e. The Morgan fingerprint density at radius 2 is 1.57 bits per heavy atom. The number of hydrogen-bond donors (Lipinski definition) is 8. The van der Waals surface area contributed by atoms with Crippen LogP contribution in [0.15, 0.2) is 0 Å². The van der Waals surface area contributed by atoms with Gasteiger partial charge in [0.1, 0.15) is 48.8 Å². The minimum Gasteiger partial charge on any atom is -0.394 e. The standard InChI is InChI=1S/C11H20O10/c12-1-3(14)5(15)7(17)8(18)10(20)11-9(19)6(16)4(2-13)21-11/h3-9,11-19H,1-2H2/t3-,4+,5+,6+,7-,8-,9-,11?/m0/s1. The van der Waals surface area contributed by atoms with Gasteiger partial charge in [0, 0.05) is 0 Å². The molecule has 1 rings (SSSR count). The highest BCUT2D eigenvalue weighted by atomic mass is 16.6. The van der Waals surface area contributed by atoms with E-state index in [2.05, 4.69) is 0 Å². The van der Waals surface area contributed by atoms with E-state index >= 15 is 0 Å². The summed E-state index contributed by atoms with van der Waals surface area (Å²) < 4.78 is 4.87. The fraction of sp³-hybridized carbons (Fsp3) is 0.909. The lowest BCUT2D eigenvalue weighted by molar-refractivity contribution is -0.159. The maximum absolute atomic E-state index is 11.9. The highest BCUT2D eigenvalue weighted by Crippen LogP contribution is 2.23. The Balaban J connectivity index is 2.74. The summed E-state index contributed by atoms with van der Waals surface area (Å²) in [4.78, 5) is 11.9. The minimum absolute atomic E-state index is 0.674. The highest BCUT2D eigenvalue weighted by Gasteiger charge is 2.49. The second-order valence-corrected chi connectivity index (χ2v) is 4.84. The third-order valence-corrected chi connectivity index (χ3v) is 3.37. The second-order valence-electron chi connectivity index (χ2n) is 4.84. The number of rotatable bonds is 7. The van der Waals surface area contributed by atoms with Crippen molar-refractivity contribution in [2.24, 2.45) is 0 Å². The first-order valence-corrected chi connectivity index (χ1v) is 6.25. The predicted octanol–water partition coefficient (Wildman–Crippen LogP) is -5.53. The lowest BCUT2D eigenvalue weighted by Crippen LogP contribution is -2.52. The average molecular weight is 312 g/mol. The quantitative estimate of drug-likeness (QED) is 0.225. The zero-order chi connectivity index (χ0) is 16.3. The third kappa shape index (κ3) is 3.74. The van der Waals surface area contributed by atoms with Gasteiger partial charge in [-0.25, -0.2) is 0 Å². The molecule has 1 aliphatic heterocycles. The molecule has 0 spiro atoms. The van der Waals surface area contributed by atoms with Crippen LogP contribution >= 0.6 is 0 Å². The molecule has 1 unspecified atom stereocenters. The molecule has 10 nitrogen and oxygen atoms in total. The van der Waals surface area contributed by atoms with Gasteiger partial charge in [-0.3, -0.25) is 4.79 Å². The van der Waals surface area contributed by atoms with Crippen LogP contribution in [0.4, 0.5) is 0 Å². The van der Waals surface area contributed by atoms with Crippen molar-refractivity contribution in [2.75, 3.05) is 13.2 Å². The van der Waals surface area contributed by atoms with E-state index in [1.807, 2.05) is 0 Å². The largest absolute Gasteiger partial charge is 0.394 e. The zero-order valence-electron chi connectivity index (χ0n) is 10.9. The van der Waals surface area contributed by atoms with E-state index < -0.39 is 67.8 Å². The van der Waals surface area contributed by atoms with Crippen molar-refractivity contribution in [1.29, 1.82) is 0 Å². The maximum atomic E-state index is 11.9. The Hall–Kier alpha value is -0.690. The molecule has 124 valence electrons. The number of aliphatic hydroxyl groups excluding tert-OH is 8. The SMILES string of the molecule is O=C(C1O[C@H](CO)[C@@H](O)[C@@H]1O)[C@@H](O)[C@@H](O)[C@H](O)[C@@H](O)CO. The minimum atomic E-state index is -2.23. The van der Waals surface area contributed by atoms with Gasteiger partial charge in [0.2, 0.25) is 0 Å². The van der Waals surface area contributed by atoms with Gasteiger partial charge >= 0.3 is 0 Å². The number of ether oxygens (including phenoxy) is 1. The molecule has 1 saturated heterocycles. The van der Waals surface area contributed by atoms with Crippen LogP contribution in [-0.2, 0) is 9.53 Å². The van der Waals surface area contributed by atoms with Gasteiger partial charge in [-0.15, -0.1) is 0 Å². The molecular weight excluding hydrogens is 292 g/mol. The molecule has 0 radical (unpaired) electrons. The van der Waals surface area contributed by atoms with Crippen molar-refractivity contribution in [3.63, 3.8) is 0 Å². The smallest absolute Gasteiger partial charge is 0.195 e. The number of Topliss-reactive ketones (excluding diaryl/α,β-unsaturated/α-hetero) is 1. The lowest BCUT2D eigenvalue weighted by Gasteiger charge is -2.26. The zero-order valence-corrected chi connectivity index (χ0v) is 10.9. The Morgan fingerprint density at radius 1 is 1.00 bits per heavy atom. The molecule has 0 saturated carbocycles. The van der Waals surface area contributed by atoms with E-state index in [0.29, 0.717) is 0 Å². The summed E-state index contributed by atoms with van der Waals surface area (Å²) in [6, 6.07) is 0. The summed E-state index contributed by atoms with van der Waals surface area (Å²) in [6.45, 7) is -1.58. The molecular formula is C11H20O10. The normalized spacial score (nSPS) is 35.2.